The Labute approximate surface area is 258 Å². The maximum absolute atomic E-state index is 6.32. The quantitative estimate of drug-likeness (QED) is 0.193. The second kappa shape index (κ2) is 9.22. The molecule has 10 aromatic rings. The van der Waals surface area contributed by atoms with Crippen molar-refractivity contribution in [1.29, 1.82) is 0 Å². The Balaban J connectivity index is 1.18. The van der Waals surface area contributed by atoms with E-state index in [0.29, 0.717) is 5.71 Å². The fourth-order valence-electron chi connectivity index (χ4n) is 7.14. The van der Waals surface area contributed by atoms with Gasteiger partial charge < -0.3 is 4.42 Å². The van der Waals surface area contributed by atoms with Crippen LogP contribution in [0, 0.1) is 0 Å². The van der Waals surface area contributed by atoms with Gasteiger partial charge in [0.15, 0.2) is 0 Å². The van der Waals surface area contributed by atoms with E-state index in [9.17, 15) is 0 Å². The van der Waals surface area contributed by atoms with Crippen LogP contribution in [0.2, 0.25) is 0 Å². The molecule has 0 aliphatic rings. The van der Waals surface area contributed by atoms with E-state index in [2.05, 4.69) is 140 Å². The molecular weight excluding hydrogens is 548 g/mol. The molecule has 0 fully saturated rings. The summed E-state index contributed by atoms with van der Waals surface area (Å²) in [5, 5.41) is 10.6. The standard InChI is InChI=1S/C42H24N2O/c1-2-13-29-28(10-1)24-36(33-17-4-3-14-30(29)33)27-12-9-11-25(22-27)26-20-21-38-37(23-26)41-42(45-38)44-40-35-19-8-6-16-32(35)31-15-5-7-18-34(31)39(40)43-41/h1-24H. The minimum absolute atomic E-state index is 0.562. The van der Waals surface area contributed by atoms with Crippen molar-refractivity contribution < 1.29 is 4.42 Å². The van der Waals surface area contributed by atoms with Crippen LogP contribution in [-0.2, 0) is 0 Å². The van der Waals surface area contributed by atoms with Gasteiger partial charge in [-0.2, -0.15) is 0 Å². The van der Waals surface area contributed by atoms with Crippen molar-refractivity contribution in [3.8, 4) is 22.3 Å². The second-order valence-corrected chi connectivity index (χ2v) is 11.8. The van der Waals surface area contributed by atoms with Gasteiger partial charge in [0.1, 0.15) is 16.6 Å². The molecule has 0 N–H and O–H groups in total. The molecule has 0 unspecified atom stereocenters. The Morgan fingerprint density at radius 1 is 0.356 bits per heavy atom. The molecule has 0 amide bonds. The van der Waals surface area contributed by atoms with Gasteiger partial charge in [0.25, 0.3) is 0 Å². The summed E-state index contributed by atoms with van der Waals surface area (Å²) in [6, 6.07) is 51.7. The lowest BCUT2D eigenvalue weighted by Crippen LogP contribution is -1.89. The van der Waals surface area contributed by atoms with Crippen molar-refractivity contribution in [2.75, 3.05) is 0 Å². The monoisotopic (exact) mass is 572 g/mol. The summed E-state index contributed by atoms with van der Waals surface area (Å²) in [5.41, 5.74) is 8.58. The highest BCUT2D eigenvalue weighted by atomic mass is 16.3. The van der Waals surface area contributed by atoms with Gasteiger partial charge in [-0.05, 0) is 78.8 Å². The maximum Gasteiger partial charge on any atom is 0.246 e. The topological polar surface area (TPSA) is 38.9 Å². The zero-order valence-electron chi connectivity index (χ0n) is 24.2. The predicted molar refractivity (Wildman–Crippen MR) is 188 cm³/mol. The first-order chi connectivity index (χ1) is 22.3. The van der Waals surface area contributed by atoms with Gasteiger partial charge in [0, 0.05) is 16.2 Å². The van der Waals surface area contributed by atoms with Crippen LogP contribution in [0.1, 0.15) is 0 Å². The van der Waals surface area contributed by atoms with E-state index in [4.69, 9.17) is 14.4 Å². The number of fused-ring (bicyclic) bond motifs is 12. The van der Waals surface area contributed by atoms with Gasteiger partial charge in [0.05, 0.1) is 5.52 Å². The first-order valence-corrected chi connectivity index (χ1v) is 15.2. The van der Waals surface area contributed by atoms with Crippen LogP contribution in [0.3, 0.4) is 0 Å². The average molecular weight is 573 g/mol. The van der Waals surface area contributed by atoms with E-state index in [-0.39, 0.29) is 0 Å². The van der Waals surface area contributed by atoms with Crippen molar-refractivity contribution in [1.82, 2.24) is 9.97 Å². The third kappa shape index (κ3) is 3.58. The summed E-state index contributed by atoms with van der Waals surface area (Å²) >= 11 is 0. The van der Waals surface area contributed by atoms with Crippen molar-refractivity contribution in [2.45, 2.75) is 0 Å². The third-order valence-corrected chi connectivity index (χ3v) is 9.23. The van der Waals surface area contributed by atoms with Crippen LogP contribution in [0.25, 0.3) is 98.6 Å². The third-order valence-electron chi connectivity index (χ3n) is 9.23. The molecule has 0 spiro atoms. The zero-order chi connectivity index (χ0) is 29.5. The molecular formula is C42H24N2O. The number of aromatic nitrogens is 2. The lowest BCUT2D eigenvalue weighted by atomic mass is 9.92. The van der Waals surface area contributed by atoms with Gasteiger partial charge in [-0.25, -0.2) is 9.97 Å². The number of rotatable bonds is 2. The van der Waals surface area contributed by atoms with Gasteiger partial charge in [0.2, 0.25) is 5.71 Å². The highest BCUT2D eigenvalue weighted by Gasteiger charge is 2.17. The van der Waals surface area contributed by atoms with Crippen molar-refractivity contribution >= 4 is 76.3 Å². The Bertz CT molecular complexity index is 2830. The molecule has 3 nitrogen and oxygen atoms in total. The Morgan fingerprint density at radius 2 is 0.933 bits per heavy atom. The summed E-state index contributed by atoms with van der Waals surface area (Å²) in [6.45, 7) is 0. The van der Waals surface area contributed by atoms with E-state index in [1.165, 1.54) is 43.4 Å². The summed E-state index contributed by atoms with van der Waals surface area (Å²) in [7, 11) is 0. The molecule has 2 heterocycles. The summed E-state index contributed by atoms with van der Waals surface area (Å²) in [6.07, 6.45) is 0. The van der Waals surface area contributed by atoms with Crippen molar-refractivity contribution in [3.63, 3.8) is 0 Å². The van der Waals surface area contributed by atoms with Crippen LogP contribution in [0.4, 0.5) is 0 Å². The van der Waals surface area contributed by atoms with Crippen LogP contribution in [-0.4, -0.2) is 9.97 Å². The van der Waals surface area contributed by atoms with Crippen LogP contribution >= 0.6 is 0 Å². The molecule has 0 radical (unpaired) electrons. The van der Waals surface area contributed by atoms with E-state index < -0.39 is 0 Å². The first kappa shape index (κ1) is 24.4. The Hall–Kier alpha value is -6.06. The van der Waals surface area contributed by atoms with E-state index in [0.717, 1.165) is 49.4 Å². The second-order valence-electron chi connectivity index (χ2n) is 11.8. The highest BCUT2D eigenvalue weighted by Crippen LogP contribution is 2.39. The van der Waals surface area contributed by atoms with Gasteiger partial charge in [-0.15, -0.1) is 0 Å². The molecule has 2 aromatic heterocycles. The number of benzene rings is 8. The minimum Gasteiger partial charge on any atom is -0.436 e. The predicted octanol–water partition coefficient (Wildman–Crippen LogP) is 11.5. The van der Waals surface area contributed by atoms with Crippen LogP contribution in [0.15, 0.2) is 150 Å². The van der Waals surface area contributed by atoms with E-state index in [1.807, 2.05) is 6.07 Å². The molecule has 208 valence electrons. The molecule has 0 aliphatic heterocycles. The molecule has 0 saturated heterocycles. The highest BCUT2D eigenvalue weighted by molar-refractivity contribution is 6.24. The van der Waals surface area contributed by atoms with Gasteiger partial charge >= 0.3 is 0 Å². The molecule has 3 heteroatoms. The van der Waals surface area contributed by atoms with Gasteiger partial charge in [-0.3, -0.25) is 0 Å². The molecule has 45 heavy (non-hydrogen) atoms. The number of furan rings is 1. The molecule has 0 saturated carbocycles. The van der Waals surface area contributed by atoms with E-state index >= 15 is 0 Å². The number of nitrogens with zero attached hydrogens (tertiary/aromatic N) is 2. The van der Waals surface area contributed by atoms with Crippen LogP contribution < -0.4 is 0 Å². The SMILES string of the molecule is c1cc(-c2ccc3oc4nc5c6ccccc6c6ccccc6c5nc4c3c2)cc(-c2cc3ccccc3c3ccccc23)c1. The molecule has 0 bridgehead atoms. The number of hydrogen-bond acceptors (Lipinski definition) is 3. The van der Waals surface area contributed by atoms with Crippen molar-refractivity contribution in [2.24, 2.45) is 0 Å². The smallest absolute Gasteiger partial charge is 0.246 e. The maximum atomic E-state index is 6.32. The summed E-state index contributed by atoms with van der Waals surface area (Å²) < 4.78 is 6.32. The lowest BCUT2D eigenvalue weighted by molar-refractivity contribution is 0.655. The normalized spacial score (nSPS) is 12.0. The Morgan fingerprint density at radius 3 is 1.69 bits per heavy atom. The largest absolute Gasteiger partial charge is 0.436 e. The fraction of sp³-hybridized carbons (Fsp3) is 0. The van der Waals surface area contributed by atoms with Crippen molar-refractivity contribution in [3.05, 3.63) is 146 Å². The van der Waals surface area contributed by atoms with Gasteiger partial charge in [-0.1, -0.05) is 121 Å². The summed E-state index contributed by atoms with van der Waals surface area (Å²) in [4.78, 5) is 10.3. The van der Waals surface area contributed by atoms with Crippen LogP contribution in [0.5, 0.6) is 0 Å². The minimum atomic E-state index is 0.562. The average Bonchev–Trinajstić information content (AvgIpc) is 3.47. The molecule has 8 aromatic carbocycles. The Kier molecular flexibility index (Phi) is 5.00. The molecule has 10 rings (SSSR count). The summed E-state index contributed by atoms with van der Waals surface area (Å²) in [5.74, 6) is 0. The number of hydrogen-bond donors (Lipinski definition) is 0. The molecule has 0 atom stereocenters. The first-order valence-electron chi connectivity index (χ1n) is 15.2. The lowest BCUT2D eigenvalue weighted by Gasteiger charge is -2.12. The molecule has 0 aliphatic carbocycles. The fourth-order valence-corrected chi connectivity index (χ4v) is 7.14. The zero-order valence-corrected chi connectivity index (χ0v) is 24.2. The van der Waals surface area contributed by atoms with E-state index in [1.54, 1.807) is 0 Å².